The van der Waals surface area contributed by atoms with Gasteiger partial charge in [-0.1, -0.05) is 97.9 Å². The van der Waals surface area contributed by atoms with Crippen LogP contribution >= 0.6 is 0 Å². The largest absolute Gasteiger partial charge is 0.399 e. The van der Waals surface area contributed by atoms with Crippen LogP contribution in [0.1, 0.15) is 109 Å². The van der Waals surface area contributed by atoms with Gasteiger partial charge < -0.3 is 11.1 Å². The number of nitrogens with zero attached hydrogens (tertiary/aromatic N) is 3. The van der Waals surface area contributed by atoms with Gasteiger partial charge in [-0.3, -0.25) is 0 Å². The van der Waals surface area contributed by atoms with Gasteiger partial charge in [0.2, 0.25) is 0 Å². The molecule has 0 saturated heterocycles. The van der Waals surface area contributed by atoms with Gasteiger partial charge in [0, 0.05) is 22.7 Å². The first kappa shape index (κ1) is 33.9. The van der Waals surface area contributed by atoms with Gasteiger partial charge in [0.1, 0.15) is 0 Å². The predicted octanol–water partition coefficient (Wildman–Crippen LogP) is 7.05. The lowest BCUT2D eigenvalue weighted by Gasteiger charge is -2.11. The highest BCUT2D eigenvalue weighted by molar-refractivity contribution is 5.54. The number of aromatic nitrogens is 2. The average Bonchev–Trinajstić information content (AvgIpc) is 2.91. The summed E-state index contributed by atoms with van der Waals surface area (Å²) in [7, 11) is 0. The van der Waals surface area contributed by atoms with Gasteiger partial charge >= 0.3 is 0 Å². The fourth-order valence-electron chi connectivity index (χ4n) is 3.78. The molecule has 0 fully saturated rings. The maximum atomic E-state index is 9.20. The lowest BCUT2D eigenvalue weighted by Crippen LogP contribution is -2.33. The molecule has 0 aliphatic carbocycles. The summed E-state index contributed by atoms with van der Waals surface area (Å²) >= 11 is 0. The first-order valence-corrected chi connectivity index (χ1v) is 14.0. The van der Waals surface area contributed by atoms with Gasteiger partial charge in [0.05, 0.1) is 17.3 Å². The maximum Gasteiger partial charge on any atom is 0.156 e. The summed E-state index contributed by atoms with van der Waals surface area (Å²) in [6.45, 7) is 19.4. The van der Waals surface area contributed by atoms with E-state index in [0.29, 0.717) is 23.6 Å². The van der Waals surface area contributed by atoms with E-state index in [0.717, 1.165) is 39.6 Å². The highest BCUT2D eigenvalue weighted by atomic mass is 15.2. The van der Waals surface area contributed by atoms with E-state index in [9.17, 15) is 5.26 Å². The molecule has 0 radical (unpaired) electrons. The van der Waals surface area contributed by atoms with Gasteiger partial charge in [0.15, 0.2) is 5.82 Å². The minimum Gasteiger partial charge on any atom is -0.399 e. The third-order valence-electron chi connectivity index (χ3n) is 6.28. The van der Waals surface area contributed by atoms with Gasteiger partial charge in [-0.25, -0.2) is 0 Å². The normalized spacial score (nSPS) is 12.6. The van der Waals surface area contributed by atoms with E-state index in [1.54, 1.807) is 0 Å². The van der Waals surface area contributed by atoms with Crippen LogP contribution in [0.4, 0.5) is 5.82 Å². The van der Waals surface area contributed by atoms with Gasteiger partial charge in [-0.15, -0.1) is 5.10 Å². The van der Waals surface area contributed by atoms with Crippen molar-refractivity contribution in [1.82, 2.24) is 10.2 Å². The lowest BCUT2D eigenvalue weighted by atomic mass is 10.0. The Morgan fingerprint density at radius 1 is 1.11 bits per heavy atom. The third-order valence-corrected chi connectivity index (χ3v) is 6.28. The van der Waals surface area contributed by atoms with Crippen molar-refractivity contribution in [3.63, 3.8) is 0 Å². The second kappa shape index (κ2) is 20.0. The zero-order valence-electron chi connectivity index (χ0n) is 24.9. The highest BCUT2D eigenvalue weighted by Gasteiger charge is 2.07. The second-order valence-electron chi connectivity index (χ2n) is 9.07. The smallest absolute Gasteiger partial charge is 0.156 e. The van der Waals surface area contributed by atoms with Crippen LogP contribution < -0.4 is 21.5 Å². The monoisotopic (exact) mass is 505 g/mol. The summed E-state index contributed by atoms with van der Waals surface area (Å²) in [4.78, 5) is 0. The van der Waals surface area contributed by atoms with Crippen LogP contribution in [-0.4, -0.2) is 10.2 Å². The molecule has 2 rings (SSSR count). The molecule has 0 amide bonds. The zero-order valence-corrected chi connectivity index (χ0v) is 24.9. The number of allylic oxidation sites excluding steroid dienone is 2. The first-order valence-electron chi connectivity index (χ1n) is 14.0. The van der Waals surface area contributed by atoms with Crippen LogP contribution in [0.5, 0.6) is 0 Å². The minimum atomic E-state index is 0.556. The van der Waals surface area contributed by atoms with Crippen molar-refractivity contribution < 1.29 is 0 Å². The van der Waals surface area contributed by atoms with Crippen LogP contribution in [0.25, 0.3) is 12.2 Å². The van der Waals surface area contributed by atoms with Gasteiger partial charge in [-0.2, -0.15) is 10.4 Å². The summed E-state index contributed by atoms with van der Waals surface area (Å²) in [6, 6.07) is 7.94. The number of hydrogen-bond acceptors (Lipinski definition) is 5. The number of nitrogens with one attached hydrogen (secondary N) is 1. The SMILES string of the molecule is C/C=c1/c(C)nnc(NCc2cccc(C#N)c2C)/c1=C/C(N)=C/CC.CC.CCCCCC(C)CC. The predicted molar refractivity (Wildman–Crippen MR) is 161 cm³/mol. The van der Waals surface area contributed by atoms with E-state index in [-0.39, 0.29) is 0 Å². The molecule has 0 aliphatic heterocycles. The van der Waals surface area contributed by atoms with Crippen molar-refractivity contribution in [2.75, 3.05) is 5.32 Å². The standard InChI is InChI=1S/C21H25N5.C9H20.C2H6/c1-5-8-18(23)11-20-19(6-2)15(4)25-26-21(20)24-13-17-10-7-9-16(12-22)14(17)3;1-4-6-7-8-9(3)5-2;1-2/h6-11H,5,13,23H2,1-4H3,(H,24,26);9H,4-8H2,1-3H3;1-2H3/b18-8-,19-6-,20-11+;;. The molecule has 1 aromatic carbocycles. The van der Waals surface area contributed by atoms with Crippen molar-refractivity contribution in [3.8, 4) is 6.07 Å². The lowest BCUT2D eigenvalue weighted by molar-refractivity contribution is 0.482. The van der Waals surface area contributed by atoms with Crippen LogP contribution in [0.15, 0.2) is 30.0 Å². The Morgan fingerprint density at radius 2 is 1.81 bits per heavy atom. The fourth-order valence-corrected chi connectivity index (χ4v) is 3.78. The number of nitriles is 1. The molecular weight excluding hydrogens is 454 g/mol. The second-order valence-corrected chi connectivity index (χ2v) is 9.07. The molecule has 3 N–H and O–H groups in total. The molecule has 0 saturated carbocycles. The zero-order chi connectivity index (χ0) is 28.2. The third kappa shape index (κ3) is 12.1. The first-order chi connectivity index (χ1) is 17.8. The Morgan fingerprint density at radius 3 is 2.38 bits per heavy atom. The highest BCUT2D eigenvalue weighted by Crippen LogP contribution is 2.14. The molecule has 0 bridgehead atoms. The van der Waals surface area contributed by atoms with E-state index in [1.165, 1.54) is 32.1 Å². The summed E-state index contributed by atoms with van der Waals surface area (Å²) in [6.07, 6.45) is 13.8. The number of benzene rings is 1. The van der Waals surface area contributed by atoms with Crippen molar-refractivity contribution in [3.05, 3.63) is 62.8 Å². The molecule has 1 aromatic heterocycles. The maximum absolute atomic E-state index is 9.20. The molecule has 2 aromatic rings. The fraction of sp³-hybridized carbons (Fsp3) is 0.531. The Hall–Kier alpha value is -3.13. The van der Waals surface area contributed by atoms with Gasteiger partial charge in [-0.05, 0) is 56.4 Å². The molecule has 1 atom stereocenters. The van der Waals surface area contributed by atoms with Crippen molar-refractivity contribution in [1.29, 1.82) is 5.26 Å². The average molecular weight is 506 g/mol. The molecule has 5 nitrogen and oxygen atoms in total. The summed E-state index contributed by atoms with van der Waals surface area (Å²) < 4.78 is 0. The Labute approximate surface area is 226 Å². The minimum absolute atomic E-state index is 0.556. The van der Waals surface area contributed by atoms with Crippen molar-refractivity contribution in [2.45, 2.75) is 107 Å². The number of unbranched alkanes of at least 4 members (excludes halogenated alkanes) is 2. The molecule has 37 heavy (non-hydrogen) atoms. The van der Waals surface area contributed by atoms with E-state index in [4.69, 9.17) is 5.73 Å². The van der Waals surface area contributed by atoms with Crippen LogP contribution in [0.3, 0.4) is 0 Å². The summed E-state index contributed by atoms with van der Waals surface area (Å²) in [5, 5.41) is 23.1. The summed E-state index contributed by atoms with van der Waals surface area (Å²) in [5.41, 5.74) is 10.4. The molecule has 0 spiro atoms. The quantitative estimate of drug-likeness (QED) is 0.338. The molecule has 5 heteroatoms. The van der Waals surface area contributed by atoms with Crippen molar-refractivity contribution >= 4 is 18.0 Å². The van der Waals surface area contributed by atoms with Crippen molar-refractivity contribution in [2.24, 2.45) is 11.7 Å². The Balaban J connectivity index is 0.000000997. The molecule has 0 aliphatic rings. The Kier molecular flexibility index (Phi) is 18.3. The van der Waals surface area contributed by atoms with E-state index in [1.807, 2.05) is 78.0 Å². The number of rotatable bonds is 10. The van der Waals surface area contributed by atoms with Crippen LogP contribution in [-0.2, 0) is 6.54 Å². The number of anilines is 1. The summed E-state index contributed by atoms with van der Waals surface area (Å²) in [5.74, 6) is 1.63. The number of aryl methyl sites for hydroxylation is 1. The van der Waals surface area contributed by atoms with E-state index < -0.39 is 0 Å². The molecular formula is C32H51N5. The molecule has 1 unspecified atom stereocenters. The van der Waals surface area contributed by atoms with Crippen LogP contribution in [0, 0.1) is 31.1 Å². The van der Waals surface area contributed by atoms with Gasteiger partial charge in [0.25, 0.3) is 0 Å². The Bertz CT molecular complexity index is 1110. The topological polar surface area (TPSA) is 87.6 Å². The van der Waals surface area contributed by atoms with E-state index in [2.05, 4.69) is 42.4 Å². The van der Waals surface area contributed by atoms with Crippen LogP contribution in [0.2, 0.25) is 0 Å². The van der Waals surface area contributed by atoms with E-state index >= 15 is 0 Å². The molecule has 1 heterocycles. The number of hydrogen-bond donors (Lipinski definition) is 2. The molecule has 204 valence electrons. The number of nitrogens with two attached hydrogens (primary N) is 1.